The minimum atomic E-state index is -3.38. The normalized spacial score (nSPS) is 15.2. The zero-order chi connectivity index (χ0) is 22.1. The Kier molecular flexibility index (Phi) is 10.8. The Morgan fingerprint density at radius 1 is 1.19 bits per heavy atom. The number of sulfonamides is 1. The molecule has 0 unspecified atom stereocenters. The maximum absolute atomic E-state index is 12.8. The molecule has 178 valence electrons. The van der Waals surface area contributed by atoms with E-state index in [1.165, 1.54) is 4.31 Å². The maximum Gasteiger partial charge on any atom is 0.218 e. The van der Waals surface area contributed by atoms with E-state index in [0.717, 1.165) is 29.9 Å². The predicted molar refractivity (Wildman–Crippen MR) is 134 cm³/mol. The lowest BCUT2D eigenvalue weighted by Gasteiger charge is -2.26. The first-order valence-electron chi connectivity index (χ1n) is 10.5. The molecule has 0 amide bonds. The van der Waals surface area contributed by atoms with Gasteiger partial charge >= 0.3 is 0 Å². The van der Waals surface area contributed by atoms with Crippen molar-refractivity contribution in [3.63, 3.8) is 0 Å². The molecule has 1 aromatic heterocycles. The van der Waals surface area contributed by atoms with Crippen LogP contribution in [0.25, 0.3) is 0 Å². The van der Waals surface area contributed by atoms with Gasteiger partial charge in [-0.05, 0) is 11.1 Å². The highest BCUT2D eigenvalue weighted by atomic mass is 127. The molecule has 0 saturated carbocycles. The topological polar surface area (TPSA) is 114 Å². The number of benzene rings is 1. The van der Waals surface area contributed by atoms with Crippen molar-refractivity contribution in [3.05, 3.63) is 47.5 Å². The highest BCUT2D eigenvalue weighted by Gasteiger charge is 2.25. The van der Waals surface area contributed by atoms with E-state index in [-0.39, 0.29) is 29.7 Å². The van der Waals surface area contributed by atoms with Crippen LogP contribution < -0.4 is 10.6 Å². The molecule has 1 aliphatic rings. The first-order chi connectivity index (χ1) is 15.0. The average molecular weight is 577 g/mol. The Labute approximate surface area is 206 Å². The van der Waals surface area contributed by atoms with Gasteiger partial charge in [-0.25, -0.2) is 8.42 Å². The molecule has 0 atom stereocenters. The molecule has 1 aliphatic heterocycles. The number of guanidine groups is 1. The molecular weight excluding hydrogens is 545 g/mol. The Balaban J connectivity index is 0.00000363. The molecule has 0 bridgehead atoms. The summed E-state index contributed by atoms with van der Waals surface area (Å²) >= 11 is 0. The predicted octanol–water partition coefficient (Wildman–Crippen LogP) is 0.986. The van der Waals surface area contributed by atoms with Crippen molar-refractivity contribution in [2.45, 2.75) is 32.2 Å². The lowest BCUT2D eigenvalue weighted by molar-refractivity contribution is 0.0729. The third-order valence-electron chi connectivity index (χ3n) is 5.15. The highest BCUT2D eigenvalue weighted by Crippen LogP contribution is 2.16. The molecule has 2 N–H and O–H groups in total. The Bertz CT molecular complexity index is 975. The molecule has 10 nitrogen and oxygen atoms in total. The van der Waals surface area contributed by atoms with Gasteiger partial charge in [-0.15, -0.1) is 34.2 Å². The second-order valence-electron chi connectivity index (χ2n) is 7.18. The molecule has 0 spiro atoms. The number of aliphatic imine (C=N–C) groups is 1. The van der Waals surface area contributed by atoms with Crippen LogP contribution in [-0.4, -0.2) is 73.3 Å². The first kappa shape index (κ1) is 26.5. The lowest BCUT2D eigenvalue weighted by Crippen LogP contribution is -2.41. The van der Waals surface area contributed by atoms with Gasteiger partial charge in [0.15, 0.2) is 5.96 Å². The number of halogens is 1. The van der Waals surface area contributed by atoms with Crippen molar-refractivity contribution in [3.8, 4) is 0 Å². The molecule has 32 heavy (non-hydrogen) atoms. The minimum absolute atomic E-state index is 0. The Hall–Kier alpha value is -1.77. The SMILES string of the molecule is CCc1nncn1CCNC(=NC)NCc1ccccc1CS(=O)(=O)N1CCOCC1.I. The third kappa shape index (κ3) is 7.39. The van der Waals surface area contributed by atoms with Gasteiger partial charge < -0.3 is 19.9 Å². The number of rotatable bonds is 9. The summed E-state index contributed by atoms with van der Waals surface area (Å²) in [7, 11) is -1.68. The van der Waals surface area contributed by atoms with E-state index in [4.69, 9.17) is 4.74 Å². The summed E-state index contributed by atoms with van der Waals surface area (Å²) in [5.74, 6) is 1.57. The number of ether oxygens (including phenoxy) is 1. The van der Waals surface area contributed by atoms with E-state index >= 15 is 0 Å². The van der Waals surface area contributed by atoms with Crippen LogP contribution in [0.2, 0.25) is 0 Å². The summed E-state index contributed by atoms with van der Waals surface area (Å²) in [6.07, 6.45) is 2.55. The second-order valence-corrected chi connectivity index (χ2v) is 9.15. The van der Waals surface area contributed by atoms with Crippen LogP contribution in [0, 0.1) is 0 Å². The summed E-state index contributed by atoms with van der Waals surface area (Å²) in [5, 5.41) is 14.6. The van der Waals surface area contributed by atoms with Gasteiger partial charge in [0, 0.05) is 46.2 Å². The van der Waals surface area contributed by atoms with Crippen LogP contribution in [0.1, 0.15) is 23.9 Å². The molecular formula is C20H32IN7O3S. The zero-order valence-corrected chi connectivity index (χ0v) is 21.7. The zero-order valence-electron chi connectivity index (χ0n) is 18.5. The summed E-state index contributed by atoms with van der Waals surface area (Å²) in [5.41, 5.74) is 1.71. The summed E-state index contributed by atoms with van der Waals surface area (Å²) in [6.45, 7) is 5.62. The smallest absolute Gasteiger partial charge is 0.218 e. The lowest BCUT2D eigenvalue weighted by atomic mass is 10.1. The molecule has 3 rings (SSSR count). The summed E-state index contributed by atoms with van der Waals surface area (Å²) in [4.78, 5) is 4.26. The van der Waals surface area contributed by atoms with Crippen molar-refractivity contribution in [1.82, 2.24) is 29.7 Å². The van der Waals surface area contributed by atoms with Crippen molar-refractivity contribution in [2.24, 2.45) is 4.99 Å². The van der Waals surface area contributed by atoms with E-state index < -0.39 is 10.0 Å². The molecule has 12 heteroatoms. The van der Waals surface area contributed by atoms with Crippen LogP contribution >= 0.6 is 24.0 Å². The molecule has 0 radical (unpaired) electrons. The van der Waals surface area contributed by atoms with Gasteiger partial charge in [-0.2, -0.15) is 4.31 Å². The second kappa shape index (κ2) is 13.1. The van der Waals surface area contributed by atoms with Crippen molar-refractivity contribution >= 4 is 40.0 Å². The van der Waals surface area contributed by atoms with E-state index in [9.17, 15) is 8.42 Å². The van der Waals surface area contributed by atoms with Gasteiger partial charge in [-0.3, -0.25) is 4.99 Å². The molecule has 0 aliphatic carbocycles. The van der Waals surface area contributed by atoms with Crippen molar-refractivity contribution < 1.29 is 13.2 Å². The first-order valence-corrected chi connectivity index (χ1v) is 12.1. The van der Waals surface area contributed by atoms with Crippen LogP contribution in [-0.2, 0) is 40.0 Å². The van der Waals surface area contributed by atoms with Crippen LogP contribution in [0.15, 0.2) is 35.6 Å². The average Bonchev–Trinajstić information content (AvgIpc) is 3.25. The number of aromatic nitrogens is 3. The molecule has 2 aromatic rings. The Morgan fingerprint density at radius 3 is 2.59 bits per heavy atom. The molecule has 1 fully saturated rings. The van der Waals surface area contributed by atoms with Crippen molar-refractivity contribution in [1.29, 1.82) is 0 Å². The fraction of sp³-hybridized carbons (Fsp3) is 0.550. The summed E-state index contributed by atoms with van der Waals surface area (Å²) in [6, 6.07) is 7.58. The monoisotopic (exact) mass is 577 g/mol. The fourth-order valence-corrected chi connectivity index (χ4v) is 4.98. The van der Waals surface area contributed by atoms with Crippen LogP contribution in [0.3, 0.4) is 0 Å². The van der Waals surface area contributed by atoms with Gasteiger partial charge in [-0.1, -0.05) is 31.2 Å². The van der Waals surface area contributed by atoms with Crippen LogP contribution in [0.5, 0.6) is 0 Å². The number of hydrogen-bond donors (Lipinski definition) is 2. The standard InChI is InChI=1S/C20H31N7O3S.HI/c1-3-19-25-24-16-26(19)9-8-22-20(21-2)23-14-17-6-4-5-7-18(17)15-31(28,29)27-10-12-30-13-11-27;/h4-7,16H,3,8-15H2,1-2H3,(H2,21,22,23);1H. The van der Waals surface area contributed by atoms with Crippen molar-refractivity contribution in [2.75, 3.05) is 39.9 Å². The largest absolute Gasteiger partial charge is 0.379 e. The molecule has 1 saturated heterocycles. The van der Waals surface area contributed by atoms with E-state index in [2.05, 4.69) is 25.8 Å². The van der Waals surface area contributed by atoms with Gasteiger partial charge in [0.2, 0.25) is 10.0 Å². The quantitative estimate of drug-likeness (QED) is 0.260. The fourth-order valence-electron chi connectivity index (χ4n) is 3.42. The third-order valence-corrected chi connectivity index (χ3v) is 6.97. The maximum atomic E-state index is 12.8. The number of morpholine rings is 1. The minimum Gasteiger partial charge on any atom is -0.379 e. The number of aryl methyl sites for hydroxylation is 1. The number of nitrogens with zero attached hydrogens (tertiary/aromatic N) is 5. The molecule has 1 aromatic carbocycles. The van der Waals surface area contributed by atoms with Crippen LogP contribution in [0.4, 0.5) is 0 Å². The summed E-state index contributed by atoms with van der Waals surface area (Å²) < 4.78 is 34.4. The van der Waals surface area contributed by atoms with Gasteiger partial charge in [0.1, 0.15) is 12.2 Å². The number of hydrogen-bond acceptors (Lipinski definition) is 6. The molecule has 2 heterocycles. The number of nitrogens with one attached hydrogen (secondary N) is 2. The highest BCUT2D eigenvalue weighted by molar-refractivity contribution is 14.0. The van der Waals surface area contributed by atoms with E-state index in [0.29, 0.717) is 45.4 Å². The van der Waals surface area contributed by atoms with Gasteiger partial charge in [0.05, 0.1) is 19.0 Å². The Morgan fingerprint density at radius 2 is 1.91 bits per heavy atom. The van der Waals surface area contributed by atoms with Gasteiger partial charge in [0.25, 0.3) is 0 Å². The van der Waals surface area contributed by atoms with E-state index in [1.54, 1.807) is 13.4 Å². The van der Waals surface area contributed by atoms with E-state index in [1.807, 2.05) is 35.8 Å².